The molecular weight excluding hydrogens is 503 g/mol. The van der Waals surface area contributed by atoms with Crippen molar-refractivity contribution in [2.24, 2.45) is 0 Å². The van der Waals surface area contributed by atoms with Gasteiger partial charge in [-0.3, -0.25) is 9.89 Å². The fraction of sp³-hybridized carbons (Fsp3) is 0.211. The number of para-hydroxylation sites is 1. The van der Waals surface area contributed by atoms with Gasteiger partial charge in [-0.1, -0.05) is 53.0 Å². The van der Waals surface area contributed by atoms with Crippen LogP contribution in [0.5, 0.6) is 11.5 Å². The van der Waals surface area contributed by atoms with Crippen molar-refractivity contribution in [2.45, 2.75) is 24.2 Å². The van der Waals surface area contributed by atoms with E-state index in [0.29, 0.717) is 16.4 Å². The number of aromatic amines is 1. The summed E-state index contributed by atoms with van der Waals surface area (Å²) in [7, 11) is 0. The Balaban J connectivity index is 1.70. The molecular formula is C19H15Cl3N4O3S2. The fourth-order valence-electron chi connectivity index (χ4n) is 3.16. The Morgan fingerprint density at radius 1 is 1.26 bits per heavy atom. The lowest BCUT2D eigenvalue weighted by Crippen LogP contribution is -2.41. The van der Waals surface area contributed by atoms with E-state index in [2.05, 4.69) is 10.2 Å². The first-order valence-electron chi connectivity index (χ1n) is 8.98. The summed E-state index contributed by atoms with van der Waals surface area (Å²) in [6, 6.07) is 9.87. The van der Waals surface area contributed by atoms with Gasteiger partial charge in [0, 0.05) is 10.6 Å². The lowest BCUT2D eigenvalue weighted by Gasteiger charge is -2.26. The second kappa shape index (κ2) is 8.91. The van der Waals surface area contributed by atoms with Crippen LogP contribution in [-0.2, 0) is 11.4 Å². The van der Waals surface area contributed by atoms with Crippen LogP contribution in [0, 0.1) is 4.77 Å². The van der Waals surface area contributed by atoms with Crippen LogP contribution in [0.2, 0.25) is 15.1 Å². The molecule has 0 bridgehead atoms. The molecule has 0 aliphatic carbocycles. The molecule has 1 amide bonds. The predicted molar refractivity (Wildman–Crippen MR) is 124 cm³/mol. The van der Waals surface area contributed by atoms with Gasteiger partial charge < -0.3 is 9.84 Å². The van der Waals surface area contributed by atoms with E-state index < -0.39 is 5.37 Å². The summed E-state index contributed by atoms with van der Waals surface area (Å²) < 4.78 is 7.46. The summed E-state index contributed by atoms with van der Waals surface area (Å²) in [5, 5.41) is 18.7. The normalized spacial score (nSPS) is 18.6. The number of amides is 1. The third kappa shape index (κ3) is 4.25. The summed E-state index contributed by atoms with van der Waals surface area (Å²) in [4.78, 5) is 13.0. The molecule has 2 heterocycles. The second-order valence-corrected chi connectivity index (χ2v) is 9.68. The summed E-state index contributed by atoms with van der Waals surface area (Å²) in [5.41, 5.74) is 0.587. The molecule has 0 spiro atoms. The van der Waals surface area contributed by atoms with Crippen LogP contribution < -0.4 is 9.75 Å². The second-order valence-electron chi connectivity index (χ2n) is 6.62. The summed E-state index contributed by atoms with van der Waals surface area (Å²) in [6.07, 6.45) is 0. The molecule has 162 valence electrons. The van der Waals surface area contributed by atoms with Crippen LogP contribution in [0.25, 0.3) is 0 Å². The van der Waals surface area contributed by atoms with Crippen LogP contribution in [0.3, 0.4) is 0 Å². The number of halogens is 3. The van der Waals surface area contributed by atoms with E-state index in [1.165, 1.54) is 33.6 Å². The summed E-state index contributed by atoms with van der Waals surface area (Å²) in [6.45, 7) is 1.72. The summed E-state index contributed by atoms with van der Waals surface area (Å²) in [5.74, 6) is 0.468. The third-order valence-electron chi connectivity index (χ3n) is 4.57. The number of nitrogens with one attached hydrogen (secondary N) is 1. The Labute approximate surface area is 201 Å². The molecule has 1 aliphatic heterocycles. The molecule has 4 rings (SSSR count). The number of hydrogen-bond donors (Lipinski definition) is 2. The van der Waals surface area contributed by atoms with Crippen molar-refractivity contribution < 1.29 is 14.6 Å². The molecule has 1 fully saturated rings. The molecule has 3 aromatic rings. The molecule has 1 saturated heterocycles. The number of benzene rings is 2. The van der Waals surface area contributed by atoms with Crippen molar-refractivity contribution >= 4 is 64.7 Å². The van der Waals surface area contributed by atoms with Crippen LogP contribution in [0.1, 0.15) is 23.7 Å². The van der Waals surface area contributed by atoms with Gasteiger partial charge in [0.1, 0.15) is 17.7 Å². The van der Waals surface area contributed by atoms with Crippen molar-refractivity contribution in [2.75, 3.05) is 5.01 Å². The topological polar surface area (TPSA) is 83.4 Å². The lowest BCUT2D eigenvalue weighted by molar-refractivity contribution is -0.119. The smallest absolute Gasteiger partial charge is 0.255 e. The average molecular weight is 518 g/mol. The third-order valence-corrected chi connectivity index (χ3v) is 6.94. The van der Waals surface area contributed by atoms with E-state index in [1.54, 1.807) is 31.2 Å². The van der Waals surface area contributed by atoms with Crippen LogP contribution in [0.15, 0.2) is 36.4 Å². The Bertz CT molecular complexity index is 1190. The number of nitrogens with zero attached hydrogens (tertiary/aromatic N) is 3. The first kappa shape index (κ1) is 22.3. The van der Waals surface area contributed by atoms with E-state index in [0.717, 1.165) is 0 Å². The highest BCUT2D eigenvalue weighted by atomic mass is 35.5. The number of thioether (sulfide) groups is 1. The van der Waals surface area contributed by atoms with E-state index in [1.807, 2.05) is 0 Å². The molecule has 1 aromatic heterocycles. The number of carbonyl (C=O) groups is 1. The molecule has 0 radical (unpaired) electrons. The molecule has 7 nitrogen and oxygen atoms in total. The number of aromatic nitrogens is 3. The van der Waals surface area contributed by atoms with E-state index in [-0.39, 0.29) is 44.1 Å². The Morgan fingerprint density at radius 2 is 1.94 bits per heavy atom. The molecule has 2 aromatic carbocycles. The quantitative estimate of drug-likeness (QED) is 0.436. The number of phenolic OH excluding ortho intramolecular Hbond substituents is 1. The van der Waals surface area contributed by atoms with Crippen molar-refractivity contribution in [1.82, 2.24) is 14.9 Å². The minimum absolute atomic E-state index is 0.0788. The zero-order chi connectivity index (χ0) is 22.3. The van der Waals surface area contributed by atoms with Gasteiger partial charge in [-0.05, 0) is 37.3 Å². The minimum Gasteiger partial charge on any atom is -0.508 e. The van der Waals surface area contributed by atoms with E-state index in [9.17, 15) is 9.90 Å². The maximum Gasteiger partial charge on any atom is 0.255 e. The number of rotatable bonds is 5. The number of ether oxygens (including phenoxy) is 1. The van der Waals surface area contributed by atoms with Gasteiger partial charge in [-0.25, -0.2) is 9.69 Å². The highest BCUT2D eigenvalue weighted by Gasteiger charge is 2.42. The highest BCUT2D eigenvalue weighted by molar-refractivity contribution is 8.01. The van der Waals surface area contributed by atoms with Gasteiger partial charge in [-0.15, -0.1) is 11.8 Å². The summed E-state index contributed by atoms with van der Waals surface area (Å²) >= 11 is 25.1. The Kier molecular flexibility index (Phi) is 6.41. The first-order valence-corrected chi connectivity index (χ1v) is 11.5. The zero-order valence-corrected chi connectivity index (χ0v) is 19.8. The Hall–Kier alpha value is -1.91. The molecule has 31 heavy (non-hydrogen) atoms. The predicted octanol–water partition coefficient (Wildman–Crippen LogP) is 5.48. The van der Waals surface area contributed by atoms with Gasteiger partial charge in [0.05, 0.1) is 15.3 Å². The van der Waals surface area contributed by atoms with Crippen molar-refractivity contribution in [3.63, 3.8) is 0 Å². The fourth-order valence-corrected chi connectivity index (χ4v) is 5.59. The standard InChI is InChI=1S/C19H15Cl3N4O3S2/c1-9-17(28)26(18(31-9)11-4-2-3-5-14(11)27)25-15(23-24-19(25)30)8-29-16-12(21)6-10(20)7-13(16)22/h2-7,9,18,27H,8H2,1H3,(H,24,30). The number of H-pyrrole nitrogens is 1. The minimum atomic E-state index is -0.505. The maximum atomic E-state index is 13.0. The van der Waals surface area contributed by atoms with Gasteiger partial charge in [0.2, 0.25) is 4.77 Å². The van der Waals surface area contributed by atoms with Crippen LogP contribution >= 0.6 is 58.8 Å². The Morgan fingerprint density at radius 3 is 2.61 bits per heavy atom. The van der Waals surface area contributed by atoms with Gasteiger partial charge >= 0.3 is 0 Å². The SMILES string of the molecule is CC1SC(c2ccccc2O)N(n2c(COc3c(Cl)cc(Cl)cc3Cl)n[nH]c2=S)C1=O. The van der Waals surface area contributed by atoms with Gasteiger partial charge in [0.25, 0.3) is 5.91 Å². The molecule has 1 aliphatic rings. The lowest BCUT2D eigenvalue weighted by atomic mass is 10.2. The first-order chi connectivity index (χ1) is 14.8. The molecule has 0 saturated carbocycles. The maximum absolute atomic E-state index is 13.0. The average Bonchev–Trinajstić information content (AvgIpc) is 3.20. The van der Waals surface area contributed by atoms with E-state index in [4.69, 9.17) is 51.8 Å². The van der Waals surface area contributed by atoms with Crippen molar-refractivity contribution in [3.8, 4) is 11.5 Å². The highest BCUT2D eigenvalue weighted by Crippen LogP contribution is 2.45. The molecule has 2 N–H and O–H groups in total. The van der Waals surface area contributed by atoms with Crippen molar-refractivity contribution in [1.29, 1.82) is 0 Å². The van der Waals surface area contributed by atoms with Gasteiger partial charge in [0.15, 0.2) is 11.6 Å². The number of carbonyl (C=O) groups excluding carboxylic acids is 1. The number of hydrogen-bond acceptors (Lipinski definition) is 6. The van der Waals surface area contributed by atoms with Crippen molar-refractivity contribution in [3.05, 3.63) is 67.6 Å². The molecule has 2 unspecified atom stereocenters. The zero-order valence-electron chi connectivity index (χ0n) is 15.9. The number of aromatic hydroxyl groups is 1. The molecule has 12 heteroatoms. The van der Waals surface area contributed by atoms with Crippen LogP contribution in [0.4, 0.5) is 0 Å². The van der Waals surface area contributed by atoms with Gasteiger partial charge in [-0.2, -0.15) is 5.10 Å². The van der Waals surface area contributed by atoms with E-state index >= 15 is 0 Å². The largest absolute Gasteiger partial charge is 0.508 e. The number of phenols is 1. The molecule has 2 atom stereocenters. The monoisotopic (exact) mass is 516 g/mol. The van der Waals surface area contributed by atoms with Crippen LogP contribution in [-0.4, -0.2) is 31.1 Å².